The number of carbonyl (C=O) groups is 1. The highest BCUT2D eigenvalue weighted by Crippen LogP contribution is 2.09. The molecule has 0 heterocycles. The van der Waals surface area contributed by atoms with E-state index >= 15 is 0 Å². The van der Waals surface area contributed by atoms with Gasteiger partial charge in [0.25, 0.3) is 0 Å². The molecular weight excluding hydrogens is 146 g/mol. The number of esters is 1. The molecule has 0 saturated heterocycles. The fourth-order valence-corrected chi connectivity index (χ4v) is 0.715. The van der Waals surface area contributed by atoms with Gasteiger partial charge in [0.2, 0.25) is 0 Å². The topological polar surface area (TPSA) is 46.5 Å². The van der Waals surface area contributed by atoms with Crippen LogP contribution < -0.4 is 0 Å². The minimum absolute atomic E-state index is 0.137. The van der Waals surface area contributed by atoms with Crippen LogP contribution >= 0.6 is 0 Å². The first kappa shape index (κ1) is 7.60. The molecule has 3 nitrogen and oxygen atoms in total. The third-order valence-corrected chi connectivity index (χ3v) is 1.29. The maximum atomic E-state index is 10.8. The highest BCUT2D eigenvalue weighted by molar-refractivity contribution is 5.89. The summed E-state index contributed by atoms with van der Waals surface area (Å²) in [5.74, 6) is -0.261. The van der Waals surface area contributed by atoms with Crippen molar-refractivity contribution in [2.24, 2.45) is 0 Å². The molecule has 0 aromatic heterocycles. The molecule has 0 aliphatic heterocycles. The van der Waals surface area contributed by atoms with Gasteiger partial charge in [-0.25, -0.2) is 4.79 Å². The van der Waals surface area contributed by atoms with Crippen molar-refractivity contribution >= 4 is 5.97 Å². The standard InChI is InChI=1S/C8H8O3/c1-11-8(10)6-2-4-7(9)5-3-6/h2-5,9H,1H3/i8+2. The van der Waals surface area contributed by atoms with Crippen LogP contribution in [0.1, 0.15) is 10.4 Å². The van der Waals surface area contributed by atoms with E-state index in [1.165, 1.54) is 31.4 Å². The molecule has 0 amide bonds. The Hall–Kier alpha value is -1.51. The molecule has 0 fully saturated rings. The van der Waals surface area contributed by atoms with Gasteiger partial charge in [0.05, 0.1) is 12.7 Å². The molecule has 0 spiro atoms. The summed E-state index contributed by atoms with van der Waals surface area (Å²) in [6, 6.07) is 5.88. The summed E-state index contributed by atoms with van der Waals surface area (Å²) in [4.78, 5) is 10.8. The summed E-state index contributed by atoms with van der Waals surface area (Å²) >= 11 is 0. The van der Waals surface area contributed by atoms with Crippen LogP contribution in [0, 0.1) is 0 Å². The van der Waals surface area contributed by atoms with Gasteiger partial charge in [0, 0.05) is 0 Å². The number of hydrogen-bond donors (Lipinski definition) is 1. The summed E-state index contributed by atoms with van der Waals surface area (Å²) in [7, 11) is 1.31. The van der Waals surface area contributed by atoms with Gasteiger partial charge in [-0.15, -0.1) is 0 Å². The first-order valence-corrected chi connectivity index (χ1v) is 3.11. The molecule has 0 unspecified atom stereocenters. The zero-order chi connectivity index (χ0) is 8.27. The number of benzene rings is 1. The van der Waals surface area contributed by atoms with Gasteiger partial charge in [0.1, 0.15) is 5.75 Å². The normalized spacial score (nSPS) is 9.18. The van der Waals surface area contributed by atoms with Gasteiger partial charge in [-0.3, -0.25) is 0 Å². The Morgan fingerprint density at radius 2 is 1.91 bits per heavy atom. The van der Waals surface area contributed by atoms with Crippen molar-refractivity contribution in [2.45, 2.75) is 0 Å². The molecule has 0 aliphatic carbocycles. The Morgan fingerprint density at radius 3 is 2.36 bits per heavy atom. The maximum absolute atomic E-state index is 10.8. The summed E-state index contributed by atoms with van der Waals surface area (Å²) in [6.07, 6.45) is 0. The van der Waals surface area contributed by atoms with E-state index < -0.39 is 5.97 Å². The van der Waals surface area contributed by atoms with Gasteiger partial charge in [-0.2, -0.15) is 0 Å². The number of methoxy groups -OCH3 is 1. The Balaban J connectivity index is 2.90. The number of carbonyl (C=O) groups excluding carboxylic acids is 1. The minimum Gasteiger partial charge on any atom is -0.508 e. The average Bonchev–Trinajstić information content (AvgIpc) is 2.05. The molecule has 3 heteroatoms. The lowest BCUT2D eigenvalue weighted by Crippen LogP contribution is -1.99. The van der Waals surface area contributed by atoms with E-state index in [9.17, 15) is 4.79 Å². The molecule has 1 aromatic carbocycles. The first-order valence-electron chi connectivity index (χ1n) is 3.11. The fraction of sp³-hybridized carbons (Fsp3) is 0.125. The molecule has 0 saturated carbocycles. The third kappa shape index (κ3) is 1.70. The number of phenolic OH excluding ortho intramolecular Hbond substituents is 1. The second kappa shape index (κ2) is 3.05. The van der Waals surface area contributed by atoms with E-state index in [0.717, 1.165) is 0 Å². The lowest BCUT2D eigenvalue weighted by Gasteiger charge is -1.97. The van der Waals surface area contributed by atoms with E-state index in [2.05, 4.69) is 4.74 Å². The monoisotopic (exact) mass is 154 g/mol. The Kier molecular flexibility index (Phi) is 2.11. The minimum atomic E-state index is -0.398. The number of hydrogen-bond acceptors (Lipinski definition) is 3. The largest absolute Gasteiger partial charge is 0.508 e. The van der Waals surface area contributed by atoms with E-state index in [-0.39, 0.29) is 5.75 Å². The number of phenols is 1. The lowest BCUT2D eigenvalue weighted by molar-refractivity contribution is 0.0601. The predicted molar refractivity (Wildman–Crippen MR) is 39.4 cm³/mol. The van der Waals surface area contributed by atoms with Crippen molar-refractivity contribution < 1.29 is 14.6 Å². The molecule has 11 heavy (non-hydrogen) atoms. The third-order valence-electron chi connectivity index (χ3n) is 1.29. The molecule has 1 aromatic rings. The number of ether oxygens (including phenoxy) is 1. The molecule has 1 N–H and O–H groups in total. The van der Waals surface area contributed by atoms with Crippen molar-refractivity contribution in [1.29, 1.82) is 0 Å². The smallest absolute Gasteiger partial charge is 0.337 e. The quantitative estimate of drug-likeness (QED) is 0.618. The van der Waals surface area contributed by atoms with E-state index in [0.29, 0.717) is 5.56 Å². The SMILES string of the molecule is CO[14C](=O)c1ccc(O)cc1. The summed E-state index contributed by atoms with van der Waals surface area (Å²) in [6.45, 7) is 0. The molecule has 0 radical (unpaired) electrons. The second-order valence-corrected chi connectivity index (χ2v) is 2.04. The van der Waals surface area contributed by atoms with Crippen molar-refractivity contribution in [1.82, 2.24) is 0 Å². The van der Waals surface area contributed by atoms with Crippen LogP contribution in [-0.2, 0) is 4.74 Å². The van der Waals surface area contributed by atoms with Crippen molar-refractivity contribution in [2.75, 3.05) is 7.11 Å². The van der Waals surface area contributed by atoms with Crippen LogP contribution in [0.4, 0.5) is 0 Å². The van der Waals surface area contributed by atoms with Gasteiger partial charge in [-0.05, 0) is 24.3 Å². The Labute approximate surface area is 64.2 Å². The van der Waals surface area contributed by atoms with Gasteiger partial charge in [-0.1, -0.05) is 0 Å². The Bertz CT molecular complexity index is 251. The molecular formula is C8H8O3. The van der Waals surface area contributed by atoms with Crippen LogP contribution in [-0.4, -0.2) is 18.2 Å². The second-order valence-electron chi connectivity index (χ2n) is 2.04. The lowest BCUT2D eigenvalue weighted by atomic mass is 10.3. The van der Waals surface area contributed by atoms with Crippen molar-refractivity contribution in [3.05, 3.63) is 29.8 Å². The van der Waals surface area contributed by atoms with E-state index in [4.69, 9.17) is 5.11 Å². The zero-order valence-corrected chi connectivity index (χ0v) is 6.07. The average molecular weight is 154 g/mol. The van der Waals surface area contributed by atoms with Gasteiger partial charge >= 0.3 is 5.97 Å². The Morgan fingerprint density at radius 1 is 1.36 bits per heavy atom. The molecule has 58 valence electrons. The zero-order valence-electron chi connectivity index (χ0n) is 6.07. The maximum Gasteiger partial charge on any atom is 0.337 e. The predicted octanol–water partition coefficient (Wildman–Crippen LogP) is 1.18. The van der Waals surface area contributed by atoms with Crippen LogP contribution in [0.5, 0.6) is 5.75 Å². The van der Waals surface area contributed by atoms with Crippen LogP contribution in [0.15, 0.2) is 24.3 Å². The van der Waals surface area contributed by atoms with Crippen molar-refractivity contribution in [3.63, 3.8) is 0 Å². The van der Waals surface area contributed by atoms with Crippen LogP contribution in [0.3, 0.4) is 0 Å². The molecule has 0 atom stereocenters. The molecule has 0 bridgehead atoms. The van der Waals surface area contributed by atoms with Gasteiger partial charge < -0.3 is 9.84 Å². The number of rotatable bonds is 1. The highest BCUT2D eigenvalue weighted by Gasteiger charge is 2.02. The highest BCUT2D eigenvalue weighted by atomic mass is 16.8. The van der Waals surface area contributed by atoms with E-state index in [1.54, 1.807) is 0 Å². The number of aromatic hydroxyl groups is 1. The van der Waals surface area contributed by atoms with E-state index in [1.807, 2.05) is 0 Å². The molecule has 1 rings (SSSR count). The van der Waals surface area contributed by atoms with Crippen LogP contribution in [0.2, 0.25) is 0 Å². The summed E-state index contributed by atoms with van der Waals surface area (Å²) in [5.41, 5.74) is 0.435. The van der Waals surface area contributed by atoms with Crippen LogP contribution in [0.25, 0.3) is 0 Å². The van der Waals surface area contributed by atoms with Crippen molar-refractivity contribution in [3.8, 4) is 5.75 Å². The molecule has 0 aliphatic rings. The summed E-state index contributed by atoms with van der Waals surface area (Å²) in [5, 5.41) is 8.86. The van der Waals surface area contributed by atoms with Gasteiger partial charge in [0.15, 0.2) is 0 Å². The fourth-order valence-electron chi connectivity index (χ4n) is 0.715. The summed E-state index contributed by atoms with van der Waals surface area (Å²) < 4.78 is 4.46. The first-order chi connectivity index (χ1) is 5.24.